The van der Waals surface area contributed by atoms with Gasteiger partial charge >= 0.3 is 0 Å². The Kier molecular flexibility index (Phi) is 3.34. The lowest BCUT2D eigenvalue weighted by Crippen LogP contribution is -2.07. The van der Waals surface area contributed by atoms with Crippen molar-refractivity contribution in [2.45, 2.75) is 6.10 Å². The van der Waals surface area contributed by atoms with Crippen LogP contribution in [0.15, 0.2) is 30.3 Å². The highest BCUT2D eigenvalue weighted by Crippen LogP contribution is 1.94. The maximum Gasteiger partial charge on any atom is 0.138 e. The van der Waals surface area contributed by atoms with Gasteiger partial charge in [0.05, 0.1) is 6.61 Å². The average molecular weight is 162 g/mol. The summed E-state index contributed by atoms with van der Waals surface area (Å²) in [6, 6.07) is 9.33. The second kappa shape index (κ2) is 4.55. The van der Waals surface area contributed by atoms with E-state index < -0.39 is 6.10 Å². The minimum absolute atomic E-state index is 0.320. The molecule has 62 valence electrons. The Labute approximate surface area is 71.5 Å². The lowest BCUT2D eigenvalue weighted by atomic mass is 10.2. The maximum atomic E-state index is 8.90. The zero-order chi connectivity index (χ0) is 8.81. The Hall–Kier alpha value is -1.30. The van der Waals surface area contributed by atoms with Crippen molar-refractivity contribution in [2.24, 2.45) is 0 Å². The molecule has 1 aromatic rings. The Morgan fingerprint density at radius 2 is 1.92 bits per heavy atom. The molecule has 12 heavy (non-hydrogen) atoms. The monoisotopic (exact) mass is 162 g/mol. The van der Waals surface area contributed by atoms with Crippen molar-refractivity contribution in [3.63, 3.8) is 0 Å². The molecule has 0 saturated carbocycles. The molecule has 2 N–H and O–H groups in total. The van der Waals surface area contributed by atoms with E-state index in [1.807, 2.05) is 30.3 Å². The summed E-state index contributed by atoms with van der Waals surface area (Å²) >= 11 is 0. The van der Waals surface area contributed by atoms with E-state index in [4.69, 9.17) is 10.2 Å². The SMILES string of the molecule is OC[C@H](O)C#Cc1ccccc1. The average Bonchev–Trinajstić information content (AvgIpc) is 2.16. The molecular formula is C10H10O2. The summed E-state index contributed by atoms with van der Waals surface area (Å²) in [5.74, 6) is 5.24. The minimum atomic E-state index is -0.940. The Bertz CT molecular complexity index is 282. The number of aliphatic hydroxyl groups excluding tert-OH is 2. The van der Waals surface area contributed by atoms with Crippen LogP contribution in [0.2, 0.25) is 0 Å². The van der Waals surface area contributed by atoms with Crippen LogP contribution in [0.5, 0.6) is 0 Å². The van der Waals surface area contributed by atoms with Gasteiger partial charge in [0.2, 0.25) is 0 Å². The van der Waals surface area contributed by atoms with Crippen molar-refractivity contribution >= 4 is 0 Å². The Morgan fingerprint density at radius 1 is 1.25 bits per heavy atom. The van der Waals surface area contributed by atoms with Crippen molar-refractivity contribution in [1.82, 2.24) is 0 Å². The van der Waals surface area contributed by atoms with E-state index in [1.165, 1.54) is 0 Å². The molecule has 0 spiro atoms. The third-order valence-corrected chi connectivity index (χ3v) is 1.33. The van der Waals surface area contributed by atoms with Crippen LogP contribution in [-0.4, -0.2) is 22.9 Å². The highest BCUT2D eigenvalue weighted by Gasteiger charge is 1.92. The zero-order valence-electron chi connectivity index (χ0n) is 6.57. The predicted molar refractivity (Wildman–Crippen MR) is 46.4 cm³/mol. The van der Waals surface area contributed by atoms with Gasteiger partial charge in [-0.25, -0.2) is 0 Å². The molecule has 0 bridgehead atoms. The van der Waals surface area contributed by atoms with Gasteiger partial charge in [-0.15, -0.1) is 0 Å². The molecule has 0 heterocycles. The van der Waals surface area contributed by atoms with Crippen molar-refractivity contribution in [2.75, 3.05) is 6.61 Å². The molecule has 0 aromatic heterocycles. The molecule has 2 nitrogen and oxygen atoms in total. The molecule has 0 radical (unpaired) electrons. The van der Waals surface area contributed by atoms with Crippen LogP contribution in [0.4, 0.5) is 0 Å². The third-order valence-electron chi connectivity index (χ3n) is 1.33. The van der Waals surface area contributed by atoms with Crippen molar-refractivity contribution in [1.29, 1.82) is 0 Å². The van der Waals surface area contributed by atoms with E-state index >= 15 is 0 Å². The summed E-state index contributed by atoms with van der Waals surface area (Å²) in [5, 5.41) is 17.4. The van der Waals surface area contributed by atoms with Gasteiger partial charge in [-0.05, 0) is 12.1 Å². The smallest absolute Gasteiger partial charge is 0.138 e. The van der Waals surface area contributed by atoms with Crippen LogP contribution in [0.3, 0.4) is 0 Å². The van der Waals surface area contributed by atoms with Crippen LogP contribution in [0.1, 0.15) is 5.56 Å². The largest absolute Gasteiger partial charge is 0.393 e. The highest BCUT2D eigenvalue weighted by atomic mass is 16.3. The first-order valence-corrected chi connectivity index (χ1v) is 3.68. The van der Waals surface area contributed by atoms with Crippen molar-refractivity contribution in [3.8, 4) is 11.8 Å². The predicted octanol–water partition coefficient (Wildman–Crippen LogP) is 0.391. The second-order valence-corrected chi connectivity index (χ2v) is 2.33. The molecule has 0 fully saturated rings. The summed E-state index contributed by atoms with van der Waals surface area (Å²) in [6.45, 7) is -0.320. The summed E-state index contributed by atoms with van der Waals surface area (Å²) < 4.78 is 0. The molecule has 0 aliphatic carbocycles. The number of hydrogen-bond acceptors (Lipinski definition) is 2. The molecule has 0 aliphatic heterocycles. The molecule has 1 aromatic carbocycles. The lowest BCUT2D eigenvalue weighted by Gasteiger charge is -1.93. The normalized spacial score (nSPS) is 11.5. The summed E-state index contributed by atoms with van der Waals surface area (Å²) in [4.78, 5) is 0. The number of aliphatic hydroxyl groups is 2. The first-order valence-electron chi connectivity index (χ1n) is 3.68. The lowest BCUT2D eigenvalue weighted by molar-refractivity contribution is 0.138. The van der Waals surface area contributed by atoms with Gasteiger partial charge in [0, 0.05) is 5.56 Å². The molecule has 0 amide bonds. The van der Waals surface area contributed by atoms with Crippen LogP contribution in [0.25, 0.3) is 0 Å². The number of benzene rings is 1. The molecule has 2 heteroatoms. The molecule has 0 saturated heterocycles. The van der Waals surface area contributed by atoms with E-state index in [9.17, 15) is 0 Å². The van der Waals surface area contributed by atoms with Crippen LogP contribution >= 0.6 is 0 Å². The first kappa shape index (κ1) is 8.79. The maximum absolute atomic E-state index is 8.90. The summed E-state index contributed by atoms with van der Waals surface area (Å²) in [6.07, 6.45) is -0.940. The fourth-order valence-corrected chi connectivity index (χ4v) is 0.734. The van der Waals surface area contributed by atoms with E-state index in [2.05, 4.69) is 11.8 Å². The molecular weight excluding hydrogens is 152 g/mol. The molecule has 1 atom stereocenters. The van der Waals surface area contributed by atoms with Crippen LogP contribution < -0.4 is 0 Å². The fraction of sp³-hybridized carbons (Fsp3) is 0.200. The van der Waals surface area contributed by atoms with E-state index in [1.54, 1.807) is 0 Å². The van der Waals surface area contributed by atoms with Crippen molar-refractivity contribution in [3.05, 3.63) is 35.9 Å². The van der Waals surface area contributed by atoms with Gasteiger partial charge < -0.3 is 10.2 Å². The van der Waals surface area contributed by atoms with E-state index in [0.717, 1.165) is 5.56 Å². The van der Waals surface area contributed by atoms with Gasteiger partial charge in [-0.2, -0.15) is 0 Å². The summed E-state index contributed by atoms with van der Waals surface area (Å²) in [5.41, 5.74) is 0.838. The first-order chi connectivity index (χ1) is 5.83. The Morgan fingerprint density at radius 3 is 2.50 bits per heavy atom. The van der Waals surface area contributed by atoms with Crippen LogP contribution in [-0.2, 0) is 0 Å². The third kappa shape index (κ3) is 2.75. The van der Waals surface area contributed by atoms with Gasteiger partial charge in [-0.3, -0.25) is 0 Å². The topological polar surface area (TPSA) is 40.5 Å². The second-order valence-electron chi connectivity index (χ2n) is 2.33. The van der Waals surface area contributed by atoms with E-state index in [-0.39, 0.29) is 6.61 Å². The number of rotatable bonds is 1. The quantitative estimate of drug-likeness (QED) is 0.586. The van der Waals surface area contributed by atoms with Crippen molar-refractivity contribution < 1.29 is 10.2 Å². The molecule has 1 rings (SSSR count). The minimum Gasteiger partial charge on any atom is -0.393 e. The summed E-state index contributed by atoms with van der Waals surface area (Å²) in [7, 11) is 0. The fourth-order valence-electron chi connectivity index (χ4n) is 0.734. The zero-order valence-corrected chi connectivity index (χ0v) is 6.57. The van der Waals surface area contributed by atoms with Gasteiger partial charge in [0.25, 0.3) is 0 Å². The molecule has 0 aliphatic rings. The molecule has 0 unspecified atom stereocenters. The Balaban J connectivity index is 2.67. The number of hydrogen-bond donors (Lipinski definition) is 2. The van der Waals surface area contributed by atoms with Gasteiger partial charge in [0.1, 0.15) is 6.10 Å². The standard InChI is InChI=1S/C10H10O2/c11-8-10(12)7-6-9-4-2-1-3-5-9/h1-5,10-12H,8H2/t10-/m1/s1. The van der Waals surface area contributed by atoms with Gasteiger partial charge in [-0.1, -0.05) is 30.0 Å². The van der Waals surface area contributed by atoms with Gasteiger partial charge in [0.15, 0.2) is 0 Å². The van der Waals surface area contributed by atoms with Crippen LogP contribution in [0, 0.1) is 11.8 Å². The highest BCUT2D eigenvalue weighted by molar-refractivity contribution is 5.34. The van der Waals surface area contributed by atoms with E-state index in [0.29, 0.717) is 0 Å².